The summed E-state index contributed by atoms with van der Waals surface area (Å²) >= 11 is 0. The number of nitrogen functional groups attached to an aromatic ring is 1. The Hall–Kier alpha value is -3.52. The van der Waals surface area contributed by atoms with Crippen LogP contribution in [0.3, 0.4) is 0 Å². The molecule has 0 saturated carbocycles. The number of H-pyrrole nitrogens is 1. The lowest BCUT2D eigenvalue weighted by atomic mass is 10.1. The number of morpholine rings is 1. The van der Waals surface area contributed by atoms with Gasteiger partial charge in [-0.05, 0) is 31.2 Å². The highest BCUT2D eigenvalue weighted by atomic mass is 16.5. The Kier molecular flexibility index (Phi) is 4.33. The van der Waals surface area contributed by atoms with Crippen LogP contribution in [-0.4, -0.2) is 50.7 Å². The number of pyridine rings is 2. The Morgan fingerprint density at radius 1 is 1.17 bits per heavy atom. The number of hydrogen-bond donors (Lipinski definition) is 2. The molecule has 146 valence electrons. The first-order chi connectivity index (χ1) is 14.2. The smallest absolute Gasteiger partial charge is 0.162 e. The van der Waals surface area contributed by atoms with Gasteiger partial charge >= 0.3 is 0 Å². The number of nitrogens with zero attached hydrogens (tertiary/aromatic N) is 5. The van der Waals surface area contributed by atoms with Crippen molar-refractivity contribution in [3.8, 4) is 22.6 Å². The summed E-state index contributed by atoms with van der Waals surface area (Å²) in [5.74, 6) is 2.01. The standard InChI is InChI=1S/C21H21N7O/c1-13-12-29-9-8-28(13)19-10-17(14-2-3-18(22)25-11-14)26-21(27-19)16-5-7-24-20-15(16)4-6-23-20/h2-7,10-11,13H,8-9,12H2,1H3,(H2,22,25)(H,23,24)/t13-/m1/s1. The number of aromatic nitrogens is 5. The fourth-order valence-corrected chi connectivity index (χ4v) is 3.63. The first-order valence-corrected chi connectivity index (χ1v) is 9.57. The Morgan fingerprint density at radius 3 is 2.93 bits per heavy atom. The van der Waals surface area contributed by atoms with E-state index in [9.17, 15) is 0 Å². The van der Waals surface area contributed by atoms with E-state index in [2.05, 4.69) is 26.8 Å². The monoisotopic (exact) mass is 387 g/mol. The molecule has 0 amide bonds. The van der Waals surface area contributed by atoms with Crippen LogP contribution in [0.5, 0.6) is 0 Å². The van der Waals surface area contributed by atoms with Gasteiger partial charge in [0.15, 0.2) is 5.82 Å². The van der Waals surface area contributed by atoms with Gasteiger partial charge in [0.25, 0.3) is 0 Å². The van der Waals surface area contributed by atoms with Crippen molar-refractivity contribution >= 4 is 22.7 Å². The van der Waals surface area contributed by atoms with Crippen LogP contribution in [0.15, 0.2) is 48.9 Å². The minimum Gasteiger partial charge on any atom is -0.384 e. The number of nitrogens with two attached hydrogens (primary N) is 1. The van der Waals surface area contributed by atoms with Crippen molar-refractivity contribution in [2.24, 2.45) is 0 Å². The van der Waals surface area contributed by atoms with Crippen molar-refractivity contribution < 1.29 is 4.74 Å². The molecule has 5 heterocycles. The van der Waals surface area contributed by atoms with Crippen LogP contribution in [-0.2, 0) is 4.74 Å². The van der Waals surface area contributed by atoms with E-state index in [0.29, 0.717) is 24.9 Å². The molecule has 29 heavy (non-hydrogen) atoms. The maximum absolute atomic E-state index is 5.76. The highest BCUT2D eigenvalue weighted by molar-refractivity contribution is 5.91. The molecule has 1 fully saturated rings. The number of nitrogens with one attached hydrogen (secondary N) is 1. The number of fused-ring (bicyclic) bond motifs is 1. The SMILES string of the molecule is C[C@@H]1COCCN1c1cc(-c2ccc(N)nc2)nc(-c2ccnc3[nH]ccc23)n1. The van der Waals surface area contributed by atoms with E-state index in [0.717, 1.165) is 40.2 Å². The third-order valence-corrected chi connectivity index (χ3v) is 5.16. The number of ether oxygens (including phenoxy) is 1. The maximum atomic E-state index is 5.76. The van der Waals surface area contributed by atoms with E-state index in [1.807, 2.05) is 30.5 Å². The minimum absolute atomic E-state index is 0.230. The van der Waals surface area contributed by atoms with Crippen LogP contribution >= 0.6 is 0 Å². The molecule has 1 aliphatic rings. The van der Waals surface area contributed by atoms with Gasteiger partial charge in [-0.1, -0.05) is 0 Å². The highest BCUT2D eigenvalue weighted by Crippen LogP contribution is 2.30. The molecule has 8 nitrogen and oxygen atoms in total. The van der Waals surface area contributed by atoms with Gasteiger partial charge < -0.3 is 20.4 Å². The molecule has 0 aliphatic carbocycles. The summed E-state index contributed by atoms with van der Waals surface area (Å²) in [5, 5.41) is 0.987. The minimum atomic E-state index is 0.230. The summed E-state index contributed by atoms with van der Waals surface area (Å²) in [7, 11) is 0. The van der Waals surface area contributed by atoms with Crippen molar-refractivity contribution in [3.05, 3.63) is 48.9 Å². The predicted molar refractivity (Wildman–Crippen MR) is 112 cm³/mol. The number of anilines is 2. The van der Waals surface area contributed by atoms with Gasteiger partial charge in [0.05, 0.1) is 24.9 Å². The Bertz CT molecular complexity index is 1160. The van der Waals surface area contributed by atoms with Crippen LogP contribution < -0.4 is 10.6 Å². The van der Waals surface area contributed by atoms with E-state index in [4.69, 9.17) is 20.4 Å². The Labute approximate surface area is 167 Å². The van der Waals surface area contributed by atoms with Crippen molar-refractivity contribution in [2.45, 2.75) is 13.0 Å². The molecule has 0 unspecified atom stereocenters. The first kappa shape index (κ1) is 17.6. The molecule has 1 atom stereocenters. The topological polar surface area (TPSA) is 106 Å². The van der Waals surface area contributed by atoms with E-state index >= 15 is 0 Å². The summed E-state index contributed by atoms with van der Waals surface area (Å²) in [4.78, 5) is 23.8. The Balaban J connectivity index is 1.69. The van der Waals surface area contributed by atoms with Gasteiger partial charge in [-0.25, -0.2) is 19.9 Å². The van der Waals surface area contributed by atoms with Crippen molar-refractivity contribution in [1.29, 1.82) is 0 Å². The number of hydrogen-bond acceptors (Lipinski definition) is 7. The summed E-state index contributed by atoms with van der Waals surface area (Å²) in [5.41, 5.74) is 9.21. The zero-order valence-electron chi connectivity index (χ0n) is 16.0. The molecule has 5 rings (SSSR count). The largest absolute Gasteiger partial charge is 0.384 e. The van der Waals surface area contributed by atoms with Crippen molar-refractivity contribution in [2.75, 3.05) is 30.4 Å². The zero-order valence-corrected chi connectivity index (χ0v) is 16.0. The molecular weight excluding hydrogens is 366 g/mol. The van der Waals surface area contributed by atoms with Crippen molar-refractivity contribution in [3.63, 3.8) is 0 Å². The van der Waals surface area contributed by atoms with E-state index in [1.165, 1.54) is 0 Å². The zero-order chi connectivity index (χ0) is 19.8. The molecule has 4 aromatic heterocycles. The van der Waals surface area contributed by atoms with E-state index in [-0.39, 0.29) is 6.04 Å². The third kappa shape index (κ3) is 3.27. The fourth-order valence-electron chi connectivity index (χ4n) is 3.63. The van der Waals surface area contributed by atoms with Crippen molar-refractivity contribution in [1.82, 2.24) is 24.9 Å². The molecule has 0 spiro atoms. The van der Waals surface area contributed by atoms with Crippen LogP contribution in [0.2, 0.25) is 0 Å². The van der Waals surface area contributed by atoms with E-state index in [1.54, 1.807) is 18.5 Å². The molecular formula is C21H21N7O. The normalized spacial score (nSPS) is 17.0. The molecule has 8 heteroatoms. The van der Waals surface area contributed by atoms with Crippen LogP contribution in [0.4, 0.5) is 11.6 Å². The van der Waals surface area contributed by atoms with E-state index < -0.39 is 0 Å². The van der Waals surface area contributed by atoms with Gasteiger partial charge in [0.1, 0.15) is 17.3 Å². The van der Waals surface area contributed by atoms with Crippen LogP contribution in [0.25, 0.3) is 33.7 Å². The second-order valence-corrected chi connectivity index (χ2v) is 7.12. The summed E-state index contributed by atoms with van der Waals surface area (Å²) in [6, 6.07) is 9.89. The molecule has 3 N–H and O–H groups in total. The lowest BCUT2D eigenvalue weighted by molar-refractivity contribution is 0.0985. The summed E-state index contributed by atoms with van der Waals surface area (Å²) in [6.45, 7) is 4.28. The summed E-state index contributed by atoms with van der Waals surface area (Å²) in [6.07, 6.45) is 5.39. The quantitative estimate of drug-likeness (QED) is 0.557. The maximum Gasteiger partial charge on any atom is 0.162 e. The molecule has 0 bridgehead atoms. The molecule has 1 saturated heterocycles. The van der Waals surface area contributed by atoms with Gasteiger partial charge in [0, 0.05) is 47.7 Å². The summed E-state index contributed by atoms with van der Waals surface area (Å²) < 4.78 is 5.60. The second kappa shape index (κ2) is 7.14. The molecule has 4 aromatic rings. The predicted octanol–water partition coefficient (Wildman–Crippen LogP) is 2.89. The lowest BCUT2D eigenvalue weighted by Crippen LogP contribution is -2.44. The van der Waals surface area contributed by atoms with Gasteiger partial charge in [-0.2, -0.15) is 0 Å². The van der Waals surface area contributed by atoms with Gasteiger partial charge in [-0.3, -0.25) is 0 Å². The molecule has 0 aromatic carbocycles. The number of aromatic amines is 1. The van der Waals surface area contributed by atoms with Gasteiger partial charge in [0.2, 0.25) is 0 Å². The van der Waals surface area contributed by atoms with Crippen LogP contribution in [0.1, 0.15) is 6.92 Å². The van der Waals surface area contributed by atoms with Gasteiger partial charge in [-0.15, -0.1) is 0 Å². The average Bonchev–Trinajstić information content (AvgIpc) is 3.23. The molecule has 1 aliphatic heterocycles. The Morgan fingerprint density at radius 2 is 2.10 bits per heavy atom. The van der Waals surface area contributed by atoms with Crippen LogP contribution in [0, 0.1) is 0 Å². The highest BCUT2D eigenvalue weighted by Gasteiger charge is 2.22. The lowest BCUT2D eigenvalue weighted by Gasteiger charge is -2.34. The molecule has 0 radical (unpaired) electrons. The second-order valence-electron chi connectivity index (χ2n) is 7.12. The fraction of sp³-hybridized carbons (Fsp3) is 0.238. The third-order valence-electron chi connectivity index (χ3n) is 5.16. The number of rotatable bonds is 3. The average molecular weight is 387 g/mol. The first-order valence-electron chi connectivity index (χ1n) is 9.57.